The maximum atomic E-state index is 6.13. The first-order valence-electron chi connectivity index (χ1n) is 7.06. The summed E-state index contributed by atoms with van der Waals surface area (Å²) in [5, 5.41) is 0. The van der Waals surface area contributed by atoms with Gasteiger partial charge in [-0.05, 0) is 38.8 Å². The van der Waals surface area contributed by atoms with Crippen LogP contribution in [-0.2, 0) is 6.54 Å². The predicted molar refractivity (Wildman–Crippen MR) is 79.3 cm³/mol. The van der Waals surface area contributed by atoms with Crippen molar-refractivity contribution in [2.24, 2.45) is 0 Å². The molecule has 2 heteroatoms. The quantitative estimate of drug-likeness (QED) is 0.737. The summed E-state index contributed by atoms with van der Waals surface area (Å²) in [6.07, 6.45) is 5.27. The van der Waals surface area contributed by atoms with Crippen LogP contribution < -0.4 is 0 Å². The van der Waals surface area contributed by atoms with Gasteiger partial charge in [0, 0.05) is 18.5 Å². The molecule has 100 valence electrons. The number of halogens is 1. The van der Waals surface area contributed by atoms with Crippen LogP contribution in [0.5, 0.6) is 0 Å². The average molecular weight is 266 g/mol. The Kier molecular flexibility index (Phi) is 5.08. The number of aryl methyl sites for hydroxylation is 2. The van der Waals surface area contributed by atoms with E-state index in [2.05, 4.69) is 36.9 Å². The van der Waals surface area contributed by atoms with Gasteiger partial charge >= 0.3 is 0 Å². The summed E-state index contributed by atoms with van der Waals surface area (Å²) >= 11 is 6.13. The molecule has 1 nitrogen and oxygen atoms in total. The highest BCUT2D eigenvalue weighted by molar-refractivity contribution is 6.18. The first-order chi connectivity index (χ1) is 8.69. The van der Waals surface area contributed by atoms with Crippen LogP contribution in [0.15, 0.2) is 18.2 Å². The summed E-state index contributed by atoms with van der Waals surface area (Å²) in [7, 11) is 0. The van der Waals surface area contributed by atoms with Crippen molar-refractivity contribution in [2.45, 2.75) is 52.1 Å². The molecule has 1 saturated heterocycles. The van der Waals surface area contributed by atoms with E-state index in [9.17, 15) is 0 Å². The molecular weight excluding hydrogens is 242 g/mol. The van der Waals surface area contributed by atoms with E-state index in [0.29, 0.717) is 6.04 Å². The summed E-state index contributed by atoms with van der Waals surface area (Å²) in [5.41, 5.74) is 4.16. The fourth-order valence-electron chi connectivity index (χ4n) is 3.01. The van der Waals surface area contributed by atoms with Gasteiger partial charge in [-0.25, -0.2) is 0 Å². The number of hydrogen-bond donors (Lipinski definition) is 0. The first-order valence-corrected chi connectivity index (χ1v) is 7.59. The summed E-state index contributed by atoms with van der Waals surface area (Å²) < 4.78 is 0. The van der Waals surface area contributed by atoms with E-state index in [0.717, 1.165) is 12.4 Å². The number of rotatable bonds is 3. The minimum absolute atomic E-state index is 0.565. The van der Waals surface area contributed by atoms with Crippen molar-refractivity contribution < 1.29 is 0 Å². The van der Waals surface area contributed by atoms with Gasteiger partial charge < -0.3 is 0 Å². The second-order valence-corrected chi connectivity index (χ2v) is 5.93. The third kappa shape index (κ3) is 3.73. The lowest BCUT2D eigenvalue weighted by molar-refractivity contribution is 0.207. The van der Waals surface area contributed by atoms with Gasteiger partial charge in [-0.2, -0.15) is 0 Å². The van der Waals surface area contributed by atoms with Gasteiger partial charge in [0.05, 0.1) is 0 Å². The molecule has 0 aliphatic carbocycles. The number of nitrogens with zero attached hydrogens (tertiary/aromatic N) is 1. The van der Waals surface area contributed by atoms with Gasteiger partial charge in [0.2, 0.25) is 0 Å². The van der Waals surface area contributed by atoms with E-state index in [1.54, 1.807) is 0 Å². The third-order valence-electron chi connectivity index (χ3n) is 3.84. The van der Waals surface area contributed by atoms with Crippen molar-refractivity contribution >= 4 is 11.6 Å². The predicted octanol–water partition coefficient (Wildman–Crippen LogP) is 4.29. The van der Waals surface area contributed by atoms with Crippen LogP contribution in [0, 0.1) is 13.8 Å². The molecule has 1 heterocycles. The second kappa shape index (κ2) is 6.58. The van der Waals surface area contributed by atoms with Crippen LogP contribution in [0.2, 0.25) is 0 Å². The minimum Gasteiger partial charge on any atom is -0.295 e. The molecule has 2 rings (SSSR count). The number of alkyl halides is 1. The Bertz CT molecular complexity index is 368. The maximum absolute atomic E-state index is 6.13. The Hall–Kier alpha value is -0.530. The first kappa shape index (κ1) is 13.9. The third-order valence-corrected chi connectivity index (χ3v) is 4.20. The van der Waals surface area contributed by atoms with Crippen LogP contribution in [0.25, 0.3) is 0 Å². The van der Waals surface area contributed by atoms with Gasteiger partial charge in [0.1, 0.15) is 0 Å². The standard InChI is InChI=1S/C16H24ClN/c1-13-8-14(2)10-15(9-13)12-18-7-5-3-4-6-16(18)11-17/h8-10,16H,3-7,11-12H2,1-2H3. The Labute approximate surface area is 116 Å². The van der Waals surface area contributed by atoms with Crippen LogP contribution in [0.3, 0.4) is 0 Å². The van der Waals surface area contributed by atoms with E-state index in [1.165, 1.54) is 48.9 Å². The SMILES string of the molecule is Cc1cc(C)cc(CN2CCCCCC2CCl)c1. The highest BCUT2D eigenvalue weighted by Gasteiger charge is 2.20. The maximum Gasteiger partial charge on any atom is 0.0379 e. The molecule has 1 fully saturated rings. The number of benzene rings is 1. The van der Waals surface area contributed by atoms with Gasteiger partial charge in [-0.15, -0.1) is 11.6 Å². The highest BCUT2D eigenvalue weighted by atomic mass is 35.5. The van der Waals surface area contributed by atoms with E-state index >= 15 is 0 Å². The normalized spacial score (nSPS) is 21.8. The van der Waals surface area contributed by atoms with Crippen LogP contribution >= 0.6 is 11.6 Å². The molecule has 0 spiro atoms. The zero-order valence-corrected chi connectivity index (χ0v) is 12.3. The topological polar surface area (TPSA) is 3.24 Å². The summed E-state index contributed by atoms with van der Waals surface area (Å²) in [6, 6.07) is 7.42. The lowest BCUT2D eigenvalue weighted by atomic mass is 10.1. The van der Waals surface area contributed by atoms with Crippen molar-refractivity contribution in [3.63, 3.8) is 0 Å². The van der Waals surface area contributed by atoms with E-state index in [1.807, 2.05) is 0 Å². The van der Waals surface area contributed by atoms with E-state index < -0.39 is 0 Å². The van der Waals surface area contributed by atoms with Crippen molar-refractivity contribution in [1.82, 2.24) is 4.90 Å². The van der Waals surface area contributed by atoms with Crippen molar-refractivity contribution in [2.75, 3.05) is 12.4 Å². The van der Waals surface area contributed by atoms with E-state index in [-0.39, 0.29) is 0 Å². The fraction of sp³-hybridized carbons (Fsp3) is 0.625. The Morgan fingerprint density at radius 3 is 2.50 bits per heavy atom. The van der Waals surface area contributed by atoms with Gasteiger partial charge in [-0.1, -0.05) is 42.2 Å². The molecule has 0 bridgehead atoms. The lowest BCUT2D eigenvalue weighted by Crippen LogP contribution is -2.35. The number of likely N-dealkylation sites (tertiary alicyclic amines) is 1. The Morgan fingerprint density at radius 1 is 1.11 bits per heavy atom. The molecule has 0 radical (unpaired) electrons. The Morgan fingerprint density at radius 2 is 1.83 bits per heavy atom. The molecule has 1 unspecified atom stereocenters. The highest BCUT2D eigenvalue weighted by Crippen LogP contribution is 2.21. The van der Waals surface area contributed by atoms with E-state index in [4.69, 9.17) is 11.6 Å². The summed E-state index contributed by atoms with van der Waals surface area (Å²) in [5.74, 6) is 0.769. The van der Waals surface area contributed by atoms with Crippen molar-refractivity contribution in [3.05, 3.63) is 34.9 Å². The molecular formula is C16H24ClN. The molecule has 0 aromatic heterocycles. The van der Waals surface area contributed by atoms with Crippen LogP contribution in [-0.4, -0.2) is 23.4 Å². The lowest BCUT2D eigenvalue weighted by Gasteiger charge is -2.28. The molecule has 0 amide bonds. The fourth-order valence-corrected chi connectivity index (χ4v) is 3.36. The minimum atomic E-state index is 0.565. The second-order valence-electron chi connectivity index (χ2n) is 5.62. The molecule has 18 heavy (non-hydrogen) atoms. The smallest absolute Gasteiger partial charge is 0.0379 e. The van der Waals surface area contributed by atoms with Crippen LogP contribution in [0.1, 0.15) is 42.4 Å². The van der Waals surface area contributed by atoms with Crippen LogP contribution in [0.4, 0.5) is 0 Å². The monoisotopic (exact) mass is 265 g/mol. The largest absolute Gasteiger partial charge is 0.295 e. The molecule has 1 aromatic carbocycles. The molecule has 0 saturated carbocycles. The summed E-state index contributed by atoms with van der Waals surface area (Å²) in [4.78, 5) is 2.58. The average Bonchev–Trinajstić information content (AvgIpc) is 2.52. The van der Waals surface area contributed by atoms with Gasteiger partial charge in [0.25, 0.3) is 0 Å². The molecule has 1 atom stereocenters. The van der Waals surface area contributed by atoms with Crippen molar-refractivity contribution in [3.8, 4) is 0 Å². The Balaban J connectivity index is 2.09. The zero-order chi connectivity index (χ0) is 13.0. The molecule has 1 aliphatic rings. The summed E-state index contributed by atoms with van der Waals surface area (Å²) in [6.45, 7) is 6.61. The van der Waals surface area contributed by atoms with Crippen molar-refractivity contribution in [1.29, 1.82) is 0 Å². The van der Waals surface area contributed by atoms with Gasteiger partial charge in [0.15, 0.2) is 0 Å². The number of hydrogen-bond acceptors (Lipinski definition) is 1. The zero-order valence-electron chi connectivity index (χ0n) is 11.6. The van der Waals surface area contributed by atoms with Gasteiger partial charge in [-0.3, -0.25) is 4.90 Å². The molecule has 1 aliphatic heterocycles. The molecule has 0 N–H and O–H groups in total. The molecule has 1 aromatic rings.